The minimum atomic E-state index is -1.01. The molecule has 0 fully saturated rings. The van der Waals surface area contributed by atoms with Crippen LogP contribution in [0, 0.1) is 0 Å². The highest BCUT2D eigenvalue weighted by molar-refractivity contribution is 5.94. The summed E-state index contributed by atoms with van der Waals surface area (Å²) in [5, 5.41) is 17.0. The van der Waals surface area contributed by atoms with E-state index in [2.05, 4.69) is 10.4 Å². The summed E-state index contributed by atoms with van der Waals surface area (Å²) < 4.78 is 3.53. The number of benzene rings is 1. The molecule has 0 aliphatic rings. The van der Waals surface area contributed by atoms with Gasteiger partial charge in [-0.05, 0) is 44.9 Å². The van der Waals surface area contributed by atoms with Gasteiger partial charge >= 0.3 is 6.09 Å². The fourth-order valence-corrected chi connectivity index (χ4v) is 3.77. The van der Waals surface area contributed by atoms with E-state index in [4.69, 9.17) is 0 Å². The van der Waals surface area contributed by atoms with Crippen molar-refractivity contribution in [2.75, 3.05) is 6.54 Å². The van der Waals surface area contributed by atoms with E-state index in [0.29, 0.717) is 12.1 Å². The fourth-order valence-electron chi connectivity index (χ4n) is 3.77. The predicted molar refractivity (Wildman–Crippen MR) is 123 cm³/mol. The number of hydrogen-bond donors (Lipinski definition) is 2. The minimum Gasteiger partial charge on any atom is -0.465 e. The van der Waals surface area contributed by atoms with Gasteiger partial charge in [-0.25, -0.2) is 4.79 Å². The van der Waals surface area contributed by atoms with Crippen LogP contribution < -0.4 is 5.32 Å². The second-order valence-corrected chi connectivity index (χ2v) is 8.99. The average molecular weight is 438 g/mol. The lowest BCUT2D eigenvalue weighted by atomic mass is 10.0. The van der Waals surface area contributed by atoms with Crippen LogP contribution in [0.15, 0.2) is 54.9 Å². The molecule has 170 valence electrons. The van der Waals surface area contributed by atoms with Crippen molar-refractivity contribution in [2.24, 2.45) is 14.1 Å². The Morgan fingerprint density at radius 1 is 1.16 bits per heavy atom. The molecule has 2 N–H and O–H groups in total. The van der Waals surface area contributed by atoms with Crippen LogP contribution >= 0.6 is 0 Å². The molecule has 0 aliphatic carbocycles. The number of amides is 2. The fraction of sp³-hybridized carbons (Fsp3) is 0.375. The van der Waals surface area contributed by atoms with E-state index in [-0.39, 0.29) is 12.5 Å². The molecule has 0 saturated carbocycles. The van der Waals surface area contributed by atoms with Gasteiger partial charge in [-0.15, -0.1) is 0 Å². The van der Waals surface area contributed by atoms with Crippen molar-refractivity contribution in [3.8, 4) is 11.3 Å². The zero-order valence-electron chi connectivity index (χ0n) is 19.2. The van der Waals surface area contributed by atoms with Gasteiger partial charge in [-0.3, -0.25) is 9.48 Å². The molecule has 0 radical (unpaired) electrons. The molecule has 2 amide bonds. The second kappa shape index (κ2) is 9.30. The molecule has 2 aromatic heterocycles. The monoisotopic (exact) mass is 437 g/mol. The maximum absolute atomic E-state index is 13.2. The summed E-state index contributed by atoms with van der Waals surface area (Å²) in [5.41, 5.74) is 2.73. The summed E-state index contributed by atoms with van der Waals surface area (Å²) in [4.78, 5) is 26.5. The Labute approximate surface area is 188 Å². The number of aromatic nitrogens is 3. The summed E-state index contributed by atoms with van der Waals surface area (Å²) in [7, 11) is 3.67. The van der Waals surface area contributed by atoms with E-state index in [9.17, 15) is 14.7 Å². The number of nitrogens with one attached hydrogen (secondary N) is 1. The largest absolute Gasteiger partial charge is 0.465 e. The molecule has 1 aromatic carbocycles. The van der Waals surface area contributed by atoms with Crippen molar-refractivity contribution in [3.63, 3.8) is 0 Å². The molecule has 2 heterocycles. The summed E-state index contributed by atoms with van der Waals surface area (Å²) >= 11 is 0. The number of hydrogen-bond acceptors (Lipinski definition) is 3. The number of carboxylic acid groups (broad SMARTS) is 1. The van der Waals surface area contributed by atoms with Crippen LogP contribution in [-0.4, -0.2) is 54.5 Å². The quantitative estimate of drug-likeness (QED) is 0.591. The molecular weight excluding hydrogens is 406 g/mol. The molecule has 1 unspecified atom stereocenters. The van der Waals surface area contributed by atoms with Gasteiger partial charge in [0.1, 0.15) is 5.69 Å². The zero-order chi connectivity index (χ0) is 23.5. The van der Waals surface area contributed by atoms with Gasteiger partial charge in [0.2, 0.25) is 0 Å². The van der Waals surface area contributed by atoms with E-state index < -0.39 is 17.7 Å². The lowest BCUT2D eigenvalue weighted by Gasteiger charge is -2.36. The van der Waals surface area contributed by atoms with Crippen molar-refractivity contribution in [3.05, 3.63) is 66.1 Å². The summed E-state index contributed by atoms with van der Waals surface area (Å²) in [5.74, 6) is -0.249. The van der Waals surface area contributed by atoms with Gasteiger partial charge < -0.3 is 19.9 Å². The Kier molecular flexibility index (Phi) is 6.72. The van der Waals surface area contributed by atoms with Gasteiger partial charge in [0, 0.05) is 44.1 Å². The van der Waals surface area contributed by atoms with Gasteiger partial charge in [0.15, 0.2) is 0 Å². The molecule has 0 bridgehead atoms. The third kappa shape index (κ3) is 5.38. The number of carbonyl (C=O) groups is 2. The molecule has 3 rings (SSSR count). The number of carbonyl (C=O) groups excluding carboxylic acids is 1. The van der Waals surface area contributed by atoms with Crippen LogP contribution in [0.2, 0.25) is 0 Å². The van der Waals surface area contributed by atoms with Gasteiger partial charge in [0.25, 0.3) is 5.91 Å². The van der Waals surface area contributed by atoms with E-state index >= 15 is 0 Å². The number of rotatable bonds is 7. The predicted octanol–water partition coefficient (Wildman–Crippen LogP) is 3.55. The maximum Gasteiger partial charge on any atom is 0.407 e. The molecule has 0 spiro atoms. The van der Waals surface area contributed by atoms with Crippen molar-refractivity contribution in [2.45, 2.75) is 38.8 Å². The Morgan fingerprint density at radius 2 is 1.84 bits per heavy atom. The lowest BCUT2D eigenvalue weighted by Crippen LogP contribution is -2.53. The van der Waals surface area contributed by atoms with Crippen LogP contribution in [0.3, 0.4) is 0 Å². The third-order valence-corrected chi connectivity index (χ3v) is 5.46. The maximum atomic E-state index is 13.2. The van der Waals surface area contributed by atoms with Gasteiger partial charge in [0.05, 0.1) is 11.7 Å². The molecule has 0 saturated heterocycles. The summed E-state index contributed by atoms with van der Waals surface area (Å²) in [6, 6.07) is 13.1. The van der Waals surface area contributed by atoms with Crippen LogP contribution in [0.25, 0.3) is 11.3 Å². The highest BCUT2D eigenvalue weighted by Crippen LogP contribution is 2.21. The molecular formula is C24H31N5O3. The first kappa shape index (κ1) is 23.1. The smallest absolute Gasteiger partial charge is 0.407 e. The van der Waals surface area contributed by atoms with Gasteiger partial charge in [-0.2, -0.15) is 5.10 Å². The first-order valence-corrected chi connectivity index (χ1v) is 10.6. The molecule has 32 heavy (non-hydrogen) atoms. The molecule has 3 aromatic rings. The summed E-state index contributed by atoms with van der Waals surface area (Å²) in [6.07, 6.45) is 3.11. The Balaban J connectivity index is 1.85. The zero-order valence-corrected chi connectivity index (χ0v) is 19.2. The van der Waals surface area contributed by atoms with Crippen LogP contribution in [0.1, 0.15) is 36.8 Å². The van der Waals surface area contributed by atoms with E-state index in [1.54, 1.807) is 15.4 Å². The first-order valence-electron chi connectivity index (χ1n) is 10.6. The topological polar surface area (TPSA) is 92.4 Å². The van der Waals surface area contributed by atoms with Crippen molar-refractivity contribution in [1.29, 1.82) is 0 Å². The van der Waals surface area contributed by atoms with Crippen LogP contribution in [0.4, 0.5) is 4.79 Å². The third-order valence-electron chi connectivity index (χ3n) is 5.46. The first-order chi connectivity index (χ1) is 15.1. The lowest BCUT2D eigenvalue weighted by molar-refractivity contribution is 0.0817. The molecule has 8 nitrogen and oxygen atoms in total. The highest BCUT2D eigenvalue weighted by Gasteiger charge is 2.30. The van der Waals surface area contributed by atoms with Crippen LogP contribution in [0.5, 0.6) is 0 Å². The van der Waals surface area contributed by atoms with Gasteiger partial charge in [-0.1, -0.05) is 30.3 Å². The Bertz CT molecular complexity index is 1080. The van der Waals surface area contributed by atoms with E-state index in [0.717, 1.165) is 16.8 Å². The molecule has 1 atom stereocenters. The van der Waals surface area contributed by atoms with E-state index in [1.807, 2.05) is 83.5 Å². The molecule has 8 heteroatoms. The van der Waals surface area contributed by atoms with Crippen LogP contribution in [-0.2, 0) is 20.5 Å². The van der Waals surface area contributed by atoms with E-state index in [1.165, 1.54) is 4.90 Å². The normalized spacial score (nSPS) is 12.4. The Hall–Kier alpha value is -3.55. The number of nitrogens with zero attached hydrogens (tertiary/aromatic N) is 4. The standard InChI is InChI=1S/C24H31N5O3/c1-24(2,3)29(23(31)32)16-19(13-17-9-7-6-8-10-17)26-22(30)21-14-18(15-27(21)4)20-11-12-25-28(20)5/h6-12,14-15,19H,13,16H2,1-5H3,(H,26,30)(H,31,32). The minimum absolute atomic E-state index is 0.179. The second-order valence-electron chi connectivity index (χ2n) is 8.99. The van der Waals surface area contributed by atoms with Crippen molar-refractivity contribution in [1.82, 2.24) is 24.6 Å². The van der Waals surface area contributed by atoms with Crippen molar-refractivity contribution < 1.29 is 14.7 Å². The molecule has 0 aliphatic heterocycles. The SMILES string of the molecule is Cn1cc(-c2ccnn2C)cc1C(=O)NC(Cc1ccccc1)CN(C(=O)O)C(C)(C)C. The average Bonchev–Trinajstić information content (AvgIpc) is 3.30. The Morgan fingerprint density at radius 3 is 2.41 bits per heavy atom. The number of aryl methyl sites for hydroxylation is 2. The highest BCUT2D eigenvalue weighted by atomic mass is 16.4. The van der Waals surface area contributed by atoms with Crippen molar-refractivity contribution >= 4 is 12.0 Å². The summed E-state index contributed by atoms with van der Waals surface area (Å²) in [6.45, 7) is 5.72.